The van der Waals surface area contributed by atoms with Crippen LogP contribution in [-0.2, 0) is 16.7 Å². The smallest absolute Gasteiger partial charge is 0.407 e. The molecule has 0 aliphatic carbocycles. The third kappa shape index (κ3) is 3.18. The predicted octanol–water partition coefficient (Wildman–Crippen LogP) is 1.63. The van der Waals surface area contributed by atoms with Gasteiger partial charge in [-0.1, -0.05) is 20.8 Å². The van der Waals surface area contributed by atoms with Crippen LogP contribution in [0.3, 0.4) is 0 Å². The van der Waals surface area contributed by atoms with E-state index in [1.165, 1.54) is 13.4 Å². The van der Waals surface area contributed by atoms with Gasteiger partial charge in [-0.25, -0.2) is 14.8 Å². The fraction of sp³-hybridized carbons (Fsp3) is 0.545. The molecular weight excluding hydrogens is 206 g/mol. The Morgan fingerprint density at radius 1 is 1.50 bits per heavy atom. The van der Waals surface area contributed by atoms with Crippen LogP contribution in [0, 0.1) is 0 Å². The van der Waals surface area contributed by atoms with Crippen LogP contribution < -0.4 is 5.32 Å². The highest BCUT2D eigenvalue weighted by Gasteiger charge is 2.19. The number of alkyl carbamates (subject to hydrolysis) is 1. The van der Waals surface area contributed by atoms with Crippen LogP contribution in [-0.4, -0.2) is 23.2 Å². The minimum atomic E-state index is -0.455. The van der Waals surface area contributed by atoms with Crippen molar-refractivity contribution < 1.29 is 9.53 Å². The van der Waals surface area contributed by atoms with Crippen molar-refractivity contribution in [3.8, 4) is 0 Å². The zero-order chi connectivity index (χ0) is 12.2. The van der Waals surface area contributed by atoms with Gasteiger partial charge in [0.1, 0.15) is 6.33 Å². The van der Waals surface area contributed by atoms with Gasteiger partial charge in [0.15, 0.2) is 0 Å². The highest BCUT2D eigenvalue weighted by molar-refractivity contribution is 5.66. The molecule has 1 aromatic heterocycles. The van der Waals surface area contributed by atoms with Crippen molar-refractivity contribution in [1.82, 2.24) is 15.3 Å². The Labute approximate surface area is 95.3 Å². The van der Waals surface area contributed by atoms with Gasteiger partial charge in [-0.15, -0.1) is 0 Å². The number of carbonyl (C=O) groups excluding carboxylic acids is 1. The molecule has 1 amide bonds. The van der Waals surface area contributed by atoms with E-state index in [1.54, 1.807) is 6.20 Å². The molecule has 1 heterocycles. The molecule has 1 rings (SSSR count). The monoisotopic (exact) mass is 223 g/mol. The highest BCUT2D eigenvalue weighted by Crippen LogP contribution is 2.22. The zero-order valence-electron chi connectivity index (χ0n) is 10.1. The Bertz CT molecular complexity index is 372. The van der Waals surface area contributed by atoms with Gasteiger partial charge < -0.3 is 10.1 Å². The molecule has 0 unspecified atom stereocenters. The summed E-state index contributed by atoms with van der Waals surface area (Å²) in [5, 5.41) is 2.62. The van der Waals surface area contributed by atoms with Crippen LogP contribution in [0.5, 0.6) is 0 Å². The van der Waals surface area contributed by atoms with Gasteiger partial charge in [0.25, 0.3) is 0 Å². The molecule has 0 bridgehead atoms. The number of amides is 1. The van der Waals surface area contributed by atoms with Gasteiger partial charge in [-0.2, -0.15) is 0 Å². The van der Waals surface area contributed by atoms with Crippen molar-refractivity contribution in [2.45, 2.75) is 32.7 Å². The average molecular weight is 223 g/mol. The molecule has 0 radical (unpaired) electrons. The lowest BCUT2D eigenvalue weighted by molar-refractivity contribution is 0.170. The van der Waals surface area contributed by atoms with Crippen LogP contribution in [0.1, 0.15) is 32.0 Å². The maximum Gasteiger partial charge on any atom is 0.407 e. The molecule has 1 N–H and O–H groups in total. The van der Waals surface area contributed by atoms with Crippen LogP contribution in [0.15, 0.2) is 12.5 Å². The Balaban J connectivity index is 2.84. The van der Waals surface area contributed by atoms with Gasteiger partial charge in [-0.3, -0.25) is 0 Å². The largest absolute Gasteiger partial charge is 0.453 e. The van der Waals surface area contributed by atoms with Crippen molar-refractivity contribution in [3.05, 3.63) is 23.8 Å². The van der Waals surface area contributed by atoms with Crippen molar-refractivity contribution in [2.75, 3.05) is 7.11 Å². The fourth-order valence-electron chi connectivity index (χ4n) is 1.40. The Hall–Kier alpha value is -1.65. The first-order valence-electron chi connectivity index (χ1n) is 5.06. The number of nitrogens with one attached hydrogen (secondary N) is 1. The first kappa shape index (κ1) is 12.4. The summed E-state index contributed by atoms with van der Waals surface area (Å²) in [6, 6.07) is 0. The molecule has 0 aliphatic rings. The summed E-state index contributed by atoms with van der Waals surface area (Å²) in [7, 11) is 1.33. The molecule has 5 heteroatoms. The number of rotatable bonds is 2. The third-order valence-corrected chi connectivity index (χ3v) is 2.11. The van der Waals surface area contributed by atoms with Gasteiger partial charge in [0.05, 0.1) is 12.8 Å². The Morgan fingerprint density at radius 2 is 2.19 bits per heavy atom. The molecule has 0 atom stereocenters. The predicted molar refractivity (Wildman–Crippen MR) is 60.0 cm³/mol. The van der Waals surface area contributed by atoms with Gasteiger partial charge >= 0.3 is 6.09 Å². The van der Waals surface area contributed by atoms with E-state index in [4.69, 9.17) is 0 Å². The van der Waals surface area contributed by atoms with Crippen molar-refractivity contribution >= 4 is 6.09 Å². The second-order valence-electron chi connectivity index (χ2n) is 4.49. The van der Waals surface area contributed by atoms with E-state index >= 15 is 0 Å². The molecule has 0 aromatic carbocycles. The summed E-state index contributed by atoms with van der Waals surface area (Å²) >= 11 is 0. The minimum Gasteiger partial charge on any atom is -0.453 e. The second-order valence-corrected chi connectivity index (χ2v) is 4.49. The van der Waals surface area contributed by atoms with E-state index in [1.807, 2.05) is 0 Å². The molecule has 0 saturated carbocycles. The van der Waals surface area contributed by atoms with E-state index in [0.29, 0.717) is 6.54 Å². The lowest BCUT2D eigenvalue weighted by Crippen LogP contribution is -2.25. The number of aromatic nitrogens is 2. The number of hydrogen-bond donors (Lipinski definition) is 1. The molecule has 0 aliphatic heterocycles. The summed E-state index contributed by atoms with van der Waals surface area (Å²) in [6.45, 7) is 6.57. The first-order chi connectivity index (χ1) is 7.45. The van der Waals surface area contributed by atoms with Crippen LogP contribution >= 0.6 is 0 Å². The molecule has 1 aromatic rings. The summed E-state index contributed by atoms with van der Waals surface area (Å²) in [4.78, 5) is 19.2. The zero-order valence-corrected chi connectivity index (χ0v) is 10.1. The Morgan fingerprint density at radius 3 is 2.75 bits per heavy atom. The van der Waals surface area contributed by atoms with Crippen LogP contribution in [0.4, 0.5) is 4.79 Å². The SMILES string of the molecule is COC(=O)NCc1cncnc1C(C)(C)C. The number of hydrogen-bond acceptors (Lipinski definition) is 4. The Kier molecular flexibility index (Phi) is 3.82. The van der Waals surface area contributed by atoms with Crippen LogP contribution in [0.2, 0.25) is 0 Å². The molecule has 5 nitrogen and oxygen atoms in total. The summed E-state index contributed by atoms with van der Waals surface area (Å²) < 4.78 is 4.51. The second kappa shape index (κ2) is 4.92. The lowest BCUT2D eigenvalue weighted by atomic mass is 9.89. The quantitative estimate of drug-likeness (QED) is 0.827. The van der Waals surface area contributed by atoms with E-state index in [-0.39, 0.29) is 5.41 Å². The van der Waals surface area contributed by atoms with Crippen LogP contribution in [0.25, 0.3) is 0 Å². The van der Waals surface area contributed by atoms with Gasteiger partial charge in [-0.05, 0) is 0 Å². The number of methoxy groups -OCH3 is 1. The van der Waals surface area contributed by atoms with E-state index in [9.17, 15) is 4.79 Å². The summed E-state index contributed by atoms with van der Waals surface area (Å²) in [6.07, 6.45) is 2.77. The molecule has 16 heavy (non-hydrogen) atoms. The lowest BCUT2D eigenvalue weighted by Gasteiger charge is -2.20. The highest BCUT2D eigenvalue weighted by atomic mass is 16.5. The molecule has 0 fully saturated rings. The number of ether oxygens (including phenoxy) is 1. The number of nitrogens with zero attached hydrogens (tertiary/aromatic N) is 2. The standard InChI is InChI=1S/C11H17N3O2/c1-11(2,3)9-8(5-12-7-14-9)6-13-10(15)16-4/h5,7H,6H2,1-4H3,(H,13,15). The first-order valence-corrected chi connectivity index (χ1v) is 5.06. The molecular formula is C11H17N3O2. The number of carbonyl (C=O) groups is 1. The minimum absolute atomic E-state index is 0.0733. The topological polar surface area (TPSA) is 64.1 Å². The van der Waals surface area contributed by atoms with Gasteiger partial charge in [0.2, 0.25) is 0 Å². The van der Waals surface area contributed by atoms with E-state index in [2.05, 4.69) is 40.8 Å². The van der Waals surface area contributed by atoms with Gasteiger partial charge in [0, 0.05) is 23.7 Å². The maximum absolute atomic E-state index is 11.0. The molecule has 88 valence electrons. The van der Waals surface area contributed by atoms with Crippen molar-refractivity contribution in [1.29, 1.82) is 0 Å². The average Bonchev–Trinajstić information content (AvgIpc) is 2.25. The normalized spacial score (nSPS) is 11.0. The maximum atomic E-state index is 11.0. The van der Waals surface area contributed by atoms with Crippen molar-refractivity contribution in [3.63, 3.8) is 0 Å². The van der Waals surface area contributed by atoms with E-state index < -0.39 is 6.09 Å². The van der Waals surface area contributed by atoms with E-state index in [0.717, 1.165) is 11.3 Å². The third-order valence-electron chi connectivity index (χ3n) is 2.11. The summed E-state index contributed by atoms with van der Waals surface area (Å²) in [5.41, 5.74) is 1.76. The fourth-order valence-corrected chi connectivity index (χ4v) is 1.40. The molecule has 0 spiro atoms. The summed E-state index contributed by atoms with van der Waals surface area (Å²) in [5.74, 6) is 0. The molecule has 0 saturated heterocycles. The van der Waals surface area contributed by atoms with Crippen molar-refractivity contribution in [2.24, 2.45) is 0 Å².